The van der Waals surface area contributed by atoms with E-state index in [-0.39, 0.29) is 19.8 Å². The van der Waals surface area contributed by atoms with Gasteiger partial charge in [-0.15, -0.1) is 0 Å². The lowest BCUT2D eigenvalue weighted by Gasteiger charge is -2.20. The lowest BCUT2D eigenvalue weighted by molar-refractivity contribution is 0.123. The Morgan fingerprint density at radius 2 is 0.722 bits per heavy atom. The third kappa shape index (κ3) is 24.6. The highest BCUT2D eigenvalue weighted by molar-refractivity contribution is 7.61. The fourth-order valence-electron chi connectivity index (χ4n) is 3.94. The Bertz CT molecular complexity index is 536. The van der Waals surface area contributed by atoms with E-state index in [4.69, 9.17) is 17.9 Å². The van der Waals surface area contributed by atoms with Gasteiger partial charge in [0, 0.05) is 0 Å². The minimum atomic E-state index is -4.54. The first kappa shape index (κ1) is 36.3. The Morgan fingerprint density at radius 1 is 0.444 bits per heavy atom. The number of hydrogen-bond acceptors (Lipinski definition) is 6. The molecule has 0 aromatic rings. The fourth-order valence-corrected chi connectivity index (χ4v) is 6.66. The van der Waals surface area contributed by atoms with Gasteiger partial charge in [0.15, 0.2) is 0 Å². The molecule has 9 heteroatoms. The van der Waals surface area contributed by atoms with Crippen molar-refractivity contribution in [2.45, 2.75) is 156 Å². The number of hydrogen-bond donors (Lipinski definition) is 1. The first-order valence-corrected chi connectivity index (χ1v) is 17.9. The summed E-state index contributed by atoms with van der Waals surface area (Å²) in [5.74, 6) is 0. The van der Waals surface area contributed by atoms with Crippen molar-refractivity contribution in [3.8, 4) is 0 Å². The molecule has 36 heavy (non-hydrogen) atoms. The second-order valence-electron chi connectivity index (χ2n) is 9.86. The van der Waals surface area contributed by atoms with E-state index in [9.17, 15) is 14.0 Å². The monoisotopic (exact) mass is 556 g/mol. The first-order valence-electron chi connectivity index (χ1n) is 15.0. The number of phosphoric acid groups is 2. The van der Waals surface area contributed by atoms with Crippen molar-refractivity contribution in [2.24, 2.45) is 0 Å². The molecule has 0 spiro atoms. The van der Waals surface area contributed by atoms with Gasteiger partial charge in [-0.1, -0.05) is 136 Å². The van der Waals surface area contributed by atoms with Crippen molar-refractivity contribution in [3.63, 3.8) is 0 Å². The molecule has 0 radical (unpaired) electrons. The average Bonchev–Trinajstić information content (AvgIpc) is 2.84. The average molecular weight is 557 g/mol. The van der Waals surface area contributed by atoms with Crippen LogP contribution in [0.3, 0.4) is 0 Å². The molecule has 7 nitrogen and oxygen atoms in total. The van der Waals surface area contributed by atoms with E-state index in [0.29, 0.717) is 19.3 Å². The van der Waals surface area contributed by atoms with Crippen molar-refractivity contribution in [1.82, 2.24) is 0 Å². The van der Waals surface area contributed by atoms with Crippen LogP contribution in [0.5, 0.6) is 0 Å². The van der Waals surface area contributed by atoms with E-state index in [0.717, 1.165) is 44.9 Å². The van der Waals surface area contributed by atoms with Gasteiger partial charge in [0.05, 0.1) is 19.8 Å². The summed E-state index contributed by atoms with van der Waals surface area (Å²) in [7, 11) is -8.73. The Kier molecular flexibility index (Phi) is 25.7. The minimum Gasteiger partial charge on any atom is -0.302 e. The Balaban J connectivity index is 4.43. The predicted octanol–water partition coefficient (Wildman–Crippen LogP) is 10.5. The summed E-state index contributed by atoms with van der Waals surface area (Å²) in [5, 5.41) is 0. The molecule has 1 atom stereocenters. The Morgan fingerprint density at radius 3 is 1.06 bits per heavy atom. The van der Waals surface area contributed by atoms with E-state index in [1.807, 2.05) is 0 Å². The number of phosphoric ester groups is 2. The molecule has 0 aliphatic heterocycles. The summed E-state index contributed by atoms with van der Waals surface area (Å²) in [6.07, 6.45) is 22.7. The van der Waals surface area contributed by atoms with Crippen molar-refractivity contribution < 1.29 is 31.9 Å². The second kappa shape index (κ2) is 25.5. The third-order valence-corrected chi connectivity index (χ3v) is 9.33. The molecular weight excluding hydrogens is 498 g/mol. The van der Waals surface area contributed by atoms with Gasteiger partial charge in [-0.2, -0.15) is 4.31 Å². The molecular formula is C27H58O7P2. The van der Waals surface area contributed by atoms with Crippen LogP contribution in [0.1, 0.15) is 156 Å². The Labute approximate surface area is 223 Å². The SMILES string of the molecule is CCCCCCCCCOP(=O)(O)OP(=O)(OCCCCCCCCC)OCCCCCCCCC. The summed E-state index contributed by atoms with van der Waals surface area (Å²) < 4.78 is 46.5. The molecule has 0 bridgehead atoms. The predicted molar refractivity (Wildman–Crippen MR) is 150 cm³/mol. The van der Waals surface area contributed by atoms with E-state index < -0.39 is 15.6 Å². The molecule has 0 saturated carbocycles. The quantitative estimate of drug-likeness (QED) is 0.0723. The zero-order valence-corrected chi connectivity index (χ0v) is 25.6. The molecule has 0 aliphatic carbocycles. The normalized spacial score (nSPS) is 13.8. The van der Waals surface area contributed by atoms with Crippen LogP contribution in [0.25, 0.3) is 0 Å². The van der Waals surface area contributed by atoms with Crippen LogP contribution in [0.15, 0.2) is 0 Å². The van der Waals surface area contributed by atoms with Crippen LogP contribution >= 0.6 is 15.6 Å². The topological polar surface area (TPSA) is 91.3 Å². The third-order valence-electron chi connectivity index (χ3n) is 6.20. The number of rotatable bonds is 29. The summed E-state index contributed by atoms with van der Waals surface area (Å²) in [6.45, 7) is 6.98. The maximum absolute atomic E-state index is 13.1. The molecule has 0 fully saturated rings. The van der Waals surface area contributed by atoms with Gasteiger partial charge in [-0.25, -0.2) is 9.13 Å². The van der Waals surface area contributed by atoms with Crippen LogP contribution in [-0.2, 0) is 27.0 Å². The fraction of sp³-hybridized carbons (Fsp3) is 1.00. The van der Waals surface area contributed by atoms with Crippen LogP contribution in [0, 0.1) is 0 Å². The molecule has 0 saturated heterocycles. The highest BCUT2D eigenvalue weighted by atomic mass is 31.3. The number of unbranched alkanes of at least 4 members (excludes halogenated alkanes) is 18. The standard InChI is InChI=1S/C27H58O7P2/c1-4-7-10-13-16-19-22-25-31-35(28,29)34-36(30,32-26-23-20-17-14-11-8-5-2)33-27-24-21-18-15-12-9-6-3/h4-27H2,1-3H3,(H,28,29). The summed E-state index contributed by atoms with van der Waals surface area (Å²) >= 11 is 0. The van der Waals surface area contributed by atoms with E-state index >= 15 is 0 Å². The van der Waals surface area contributed by atoms with E-state index in [2.05, 4.69) is 20.8 Å². The maximum atomic E-state index is 13.1. The highest BCUT2D eigenvalue weighted by Gasteiger charge is 2.38. The largest absolute Gasteiger partial charge is 0.483 e. The van der Waals surface area contributed by atoms with Crippen molar-refractivity contribution in [3.05, 3.63) is 0 Å². The molecule has 1 N–H and O–H groups in total. The molecule has 0 amide bonds. The van der Waals surface area contributed by atoms with E-state index in [1.54, 1.807) is 0 Å². The molecule has 0 rings (SSSR count). The van der Waals surface area contributed by atoms with Gasteiger partial charge in [-0.05, 0) is 19.3 Å². The first-order chi connectivity index (χ1) is 17.4. The van der Waals surface area contributed by atoms with Gasteiger partial charge in [0.1, 0.15) is 0 Å². The molecule has 0 aliphatic rings. The van der Waals surface area contributed by atoms with Crippen LogP contribution in [-0.4, -0.2) is 24.7 Å². The molecule has 0 heterocycles. The lowest BCUT2D eigenvalue weighted by Crippen LogP contribution is -2.04. The second-order valence-corrected chi connectivity index (χ2v) is 13.1. The zero-order chi connectivity index (χ0) is 26.8. The lowest BCUT2D eigenvalue weighted by atomic mass is 10.1. The van der Waals surface area contributed by atoms with Crippen molar-refractivity contribution in [1.29, 1.82) is 0 Å². The van der Waals surface area contributed by atoms with Crippen molar-refractivity contribution >= 4 is 15.6 Å². The molecule has 0 aromatic carbocycles. The van der Waals surface area contributed by atoms with Crippen LogP contribution in [0.4, 0.5) is 0 Å². The highest BCUT2D eigenvalue weighted by Crippen LogP contribution is 2.63. The van der Waals surface area contributed by atoms with Gasteiger partial charge < -0.3 is 4.89 Å². The maximum Gasteiger partial charge on any atom is 0.483 e. The van der Waals surface area contributed by atoms with E-state index in [1.165, 1.54) is 70.6 Å². The van der Waals surface area contributed by atoms with Gasteiger partial charge in [0.2, 0.25) is 0 Å². The van der Waals surface area contributed by atoms with Gasteiger partial charge >= 0.3 is 15.6 Å². The summed E-state index contributed by atoms with van der Waals surface area (Å²) in [4.78, 5) is 10.1. The van der Waals surface area contributed by atoms with Gasteiger partial charge in [0.25, 0.3) is 0 Å². The molecule has 1 unspecified atom stereocenters. The van der Waals surface area contributed by atoms with Crippen LogP contribution < -0.4 is 0 Å². The summed E-state index contributed by atoms with van der Waals surface area (Å²) in [6, 6.07) is 0. The Hall–Kier alpha value is 0.260. The van der Waals surface area contributed by atoms with Gasteiger partial charge in [-0.3, -0.25) is 13.6 Å². The smallest absolute Gasteiger partial charge is 0.302 e. The molecule has 218 valence electrons. The zero-order valence-electron chi connectivity index (χ0n) is 23.8. The van der Waals surface area contributed by atoms with Crippen LogP contribution in [0.2, 0.25) is 0 Å². The minimum absolute atomic E-state index is 0.0804. The van der Waals surface area contributed by atoms with Crippen molar-refractivity contribution in [2.75, 3.05) is 19.8 Å². The molecule has 0 aromatic heterocycles. The summed E-state index contributed by atoms with van der Waals surface area (Å²) in [5.41, 5.74) is 0.